The second-order valence-corrected chi connectivity index (χ2v) is 2.80. The molecular weight excluding hydrogens is 134 g/mol. The van der Waals surface area contributed by atoms with Crippen molar-refractivity contribution in [3.8, 4) is 0 Å². The molecule has 0 aromatic rings. The topological polar surface area (TPSA) is 20.3 Å². The average Bonchev–Trinajstić information content (AvgIpc) is 2.34. The van der Waals surface area contributed by atoms with E-state index in [1.165, 1.54) is 25.9 Å². The van der Waals surface area contributed by atoms with Gasteiger partial charge in [0.05, 0.1) is 11.3 Å². The molecule has 0 aliphatic carbocycles. The standard InChI is InChI=1S/C6H11NOS/c8-9-6-5-7-3-1-2-4-7/h6H,1-5H2. The fourth-order valence-corrected chi connectivity index (χ4v) is 1.37. The minimum atomic E-state index is 0.572. The Labute approximate surface area is 58.9 Å². The van der Waals surface area contributed by atoms with Crippen LogP contribution in [0.1, 0.15) is 12.8 Å². The van der Waals surface area contributed by atoms with Crippen molar-refractivity contribution in [1.82, 2.24) is 4.90 Å². The van der Waals surface area contributed by atoms with Gasteiger partial charge in [-0.15, -0.1) is 0 Å². The van der Waals surface area contributed by atoms with Crippen LogP contribution in [-0.2, 0) is 11.3 Å². The molecule has 9 heavy (non-hydrogen) atoms. The van der Waals surface area contributed by atoms with Gasteiger partial charge in [-0.25, -0.2) is 4.21 Å². The van der Waals surface area contributed by atoms with Gasteiger partial charge in [-0.05, 0) is 25.9 Å². The molecule has 52 valence electrons. The van der Waals surface area contributed by atoms with Gasteiger partial charge in [0.25, 0.3) is 0 Å². The Morgan fingerprint density at radius 3 is 2.67 bits per heavy atom. The zero-order valence-electron chi connectivity index (χ0n) is 5.38. The van der Waals surface area contributed by atoms with E-state index in [-0.39, 0.29) is 0 Å². The summed E-state index contributed by atoms with van der Waals surface area (Å²) < 4.78 is 9.92. The van der Waals surface area contributed by atoms with Gasteiger partial charge in [0.1, 0.15) is 0 Å². The van der Waals surface area contributed by atoms with E-state index in [1.54, 1.807) is 5.37 Å². The molecule has 0 radical (unpaired) electrons. The summed E-state index contributed by atoms with van der Waals surface area (Å²) >= 11 is 0.572. The molecule has 1 rings (SSSR count). The first-order chi connectivity index (χ1) is 4.43. The quantitative estimate of drug-likeness (QED) is 0.514. The van der Waals surface area contributed by atoms with Gasteiger partial charge in [0.2, 0.25) is 0 Å². The average molecular weight is 145 g/mol. The van der Waals surface area contributed by atoms with Crippen molar-refractivity contribution < 1.29 is 4.21 Å². The number of hydrogen-bond acceptors (Lipinski definition) is 2. The Hall–Kier alpha value is -0.150. The number of rotatable bonds is 2. The van der Waals surface area contributed by atoms with Crippen LogP contribution < -0.4 is 0 Å². The van der Waals surface area contributed by atoms with E-state index in [9.17, 15) is 4.21 Å². The second kappa shape index (κ2) is 3.80. The Bertz CT molecular complexity index is 125. The van der Waals surface area contributed by atoms with Gasteiger partial charge in [-0.3, -0.25) is 4.90 Å². The molecular formula is C6H11NOS. The molecule has 2 nitrogen and oxygen atoms in total. The molecule has 0 unspecified atom stereocenters. The van der Waals surface area contributed by atoms with Gasteiger partial charge < -0.3 is 0 Å². The summed E-state index contributed by atoms with van der Waals surface area (Å²) in [5.41, 5.74) is 0. The van der Waals surface area contributed by atoms with Gasteiger partial charge in [-0.1, -0.05) is 0 Å². The van der Waals surface area contributed by atoms with Crippen LogP contribution in [0.25, 0.3) is 0 Å². The van der Waals surface area contributed by atoms with E-state index in [2.05, 4.69) is 4.90 Å². The molecule has 1 aliphatic heterocycles. The van der Waals surface area contributed by atoms with Crippen LogP contribution in [0.2, 0.25) is 0 Å². The van der Waals surface area contributed by atoms with Crippen LogP contribution >= 0.6 is 0 Å². The first-order valence-corrected chi connectivity index (χ1v) is 4.06. The van der Waals surface area contributed by atoms with Gasteiger partial charge >= 0.3 is 0 Å². The van der Waals surface area contributed by atoms with Crippen molar-refractivity contribution in [1.29, 1.82) is 0 Å². The molecule has 0 spiro atoms. The van der Waals surface area contributed by atoms with Crippen molar-refractivity contribution >= 4 is 16.6 Å². The molecule has 1 saturated heterocycles. The van der Waals surface area contributed by atoms with Crippen LogP contribution in [0, 0.1) is 0 Å². The smallest absolute Gasteiger partial charge is 0.0854 e. The lowest BCUT2D eigenvalue weighted by Gasteiger charge is -2.08. The fourth-order valence-electron chi connectivity index (χ4n) is 1.10. The first kappa shape index (κ1) is 6.96. The molecule has 0 N–H and O–H groups in total. The van der Waals surface area contributed by atoms with Crippen molar-refractivity contribution in [3.63, 3.8) is 0 Å². The molecule has 1 heterocycles. The molecule has 0 atom stereocenters. The molecule has 0 bridgehead atoms. The summed E-state index contributed by atoms with van der Waals surface area (Å²) in [4.78, 5) is 2.30. The third kappa shape index (κ3) is 2.28. The second-order valence-electron chi connectivity index (χ2n) is 2.27. The zero-order chi connectivity index (χ0) is 6.53. The van der Waals surface area contributed by atoms with Crippen LogP contribution in [0.5, 0.6) is 0 Å². The van der Waals surface area contributed by atoms with Crippen molar-refractivity contribution in [3.05, 3.63) is 0 Å². The molecule has 0 saturated carbocycles. The van der Waals surface area contributed by atoms with Crippen molar-refractivity contribution in [2.24, 2.45) is 0 Å². The summed E-state index contributed by atoms with van der Waals surface area (Å²) in [5, 5.41) is 1.71. The maximum absolute atomic E-state index is 9.92. The fraction of sp³-hybridized carbons (Fsp3) is 0.833. The molecule has 0 amide bonds. The molecule has 1 aliphatic rings. The lowest BCUT2D eigenvalue weighted by molar-refractivity contribution is 0.392. The van der Waals surface area contributed by atoms with Crippen molar-refractivity contribution in [2.75, 3.05) is 19.6 Å². The van der Waals surface area contributed by atoms with E-state index >= 15 is 0 Å². The minimum Gasteiger partial charge on any atom is -0.299 e. The number of likely N-dealkylation sites (tertiary alicyclic amines) is 1. The highest BCUT2D eigenvalue weighted by Crippen LogP contribution is 2.04. The summed E-state index contributed by atoms with van der Waals surface area (Å²) in [5.74, 6) is 0. The number of nitrogens with zero attached hydrogens (tertiary/aromatic N) is 1. The zero-order valence-corrected chi connectivity index (χ0v) is 6.19. The summed E-state index contributed by atoms with van der Waals surface area (Å²) in [6, 6.07) is 0. The Morgan fingerprint density at radius 2 is 2.11 bits per heavy atom. The van der Waals surface area contributed by atoms with E-state index in [4.69, 9.17) is 0 Å². The Balaban J connectivity index is 2.18. The maximum Gasteiger partial charge on any atom is 0.0854 e. The van der Waals surface area contributed by atoms with Crippen molar-refractivity contribution in [2.45, 2.75) is 12.8 Å². The third-order valence-corrected chi connectivity index (χ3v) is 1.88. The highest BCUT2D eigenvalue weighted by Gasteiger charge is 2.08. The molecule has 0 aromatic heterocycles. The monoisotopic (exact) mass is 145 g/mol. The summed E-state index contributed by atoms with van der Waals surface area (Å²) in [7, 11) is 0. The van der Waals surface area contributed by atoms with Crippen LogP contribution in [0.4, 0.5) is 0 Å². The lowest BCUT2D eigenvalue weighted by Crippen LogP contribution is -2.20. The Kier molecular flexibility index (Phi) is 2.94. The van der Waals surface area contributed by atoms with Crippen LogP contribution in [-0.4, -0.2) is 34.1 Å². The molecule has 0 aromatic carbocycles. The van der Waals surface area contributed by atoms with Gasteiger partial charge in [-0.2, -0.15) is 0 Å². The van der Waals surface area contributed by atoms with Gasteiger partial charge in [0, 0.05) is 11.9 Å². The predicted molar refractivity (Wildman–Crippen MR) is 39.9 cm³/mol. The van der Waals surface area contributed by atoms with Crippen LogP contribution in [0.15, 0.2) is 0 Å². The SMILES string of the molecule is O=S=CCN1CCCC1. The highest BCUT2D eigenvalue weighted by molar-refractivity contribution is 7.64. The minimum absolute atomic E-state index is 0.572. The molecule has 1 fully saturated rings. The predicted octanol–water partition coefficient (Wildman–Crippen LogP) is 0.0974. The third-order valence-electron chi connectivity index (χ3n) is 1.60. The summed E-state index contributed by atoms with van der Waals surface area (Å²) in [6.07, 6.45) is 2.61. The van der Waals surface area contributed by atoms with E-state index < -0.39 is 0 Å². The summed E-state index contributed by atoms with van der Waals surface area (Å²) in [6.45, 7) is 3.22. The number of hydrogen-bond donors (Lipinski definition) is 0. The molecule has 3 heteroatoms. The maximum atomic E-state index is 9.92. The van der Waals surface area contributed by atoms with Gasteiger partial charge in [0.15, 0.2) is 0 Å². The van der Waals surface area contributed by atoms with E-state index in [1.807, 2.05) is 0 Å². The largest absolute Gasteiger partial charge is 0.299 e. The van der Waals surface area contributed by atoms with E-state index in [0.717, 1.165) is 6.54 Å². The lowest BCUT2D eigenvalue weighted by atomic mass is 10.4. The normalized spacial score (nSPS) is 20.0. The Morgan fingerprint density at radius 1 is 1.44 bits per heavy atom. The van der Waals surface area contributed by atoms with E-state index in [0.29, 0.717) is 11.3 Å². The van der Waals surface area contributed by atoms with Crippen LogP contribution in [0.3, 0.4) is 0 Å². The first-order valence-electron chi connectivity index (χ1n) is 3.26. The highest BCUT2D eigenvalue weighted by atomic mass is 32.1.